The molecule has 2 aromatic rings. The average molecular weight is 613 g/mol. The minimum absolute atomic E-state index is 0.912. The molecule has 126 valence electrons. The molecule has 0 aliphatic rings. The Morgan fingerprint density at radius 2 is 0.957 bits per heavy atom. The van der Waals surface area contributed by atoms with Gasteiger partial charge in [0.1, 0.15) is 0 Å². The molecule has 0 unspecified atom stereocenters. The van der Waals surface area contributed by atoms with E-state index in [0.29, 0.717) is 0 Å². The first kappa shape index (κ1) is 21.2. The van der Waals surface area contributed by atoms with Crippen molar-refractivity contribution in [3.05, 3.63) is 57.5 Å². The Morgan fingerprint density at radius 1 is 0.696 bits per heavy atom. The third-order valence-corrected chi connectivity index (χ3v) is 3.83. The molecule has 2 nitrogen and oxygen atoms in total. The van der Waals surface area contributed by atoms with Crippen molar-refractivity contribution in [2.45, 2.75) is 13.8 Å². The van der Waals surface area contributed by atoms with Gasteiger partial charge in [0.2, 0.25) is 0 Å². The summed E-state index contributed by atoms with van der Waals surface area (Å²) in [6.45, 7) is 3.94. The first-order valence-corrected chi connectivity index (χ1v) is 12.9. The van der Waals surface area contributed by atoms with Gasteiger partial charge in [-0.2, -0.15) is 0 Å². The van der Waals surface area contributed by atoms with Crippen LogP contribution in [0.3, 0.4) is 0 Å². The van der Waals surface area contributed by atoms with E-state index in [4.69, 9.17) is 0 Å². The monoisotopic (exact) mass is 608 g/mol. The maximum absolute atomic E-state index is 4.57. The Balaban J connectivity index is 0.000000816. The van der Waals surface area contributed by atoms with E-state index in [2.05, 4.69) is 70.3 Å². The molecule has 2 aromatic carbocycles. The molecule has 0 fully saturated rings. The fourth-order valence-corrected chi connectivity index (χ4v) is 2.11. The van der Waals surface area contributed by atoms with Crippen LogP contribution in [0.4, 0.5) is 11.4 Å². The van der Waals surface area contributed by atoms with Crippen molar-refractivity contribution < 1.29 is 10.9 Å². The summed E-state index contributed by atoms with van der Waals surface area (Å²) in [6, 6.07) is 15.8. The van der Waals surface area contributed by atoms with Gasteiger partial charge in [-0.1, -0.05) is 31.9 Å². The van der Waals surface area contributed by atoms with Crippen molar-refractivity contribution >= 4 is 83.1 Å². The van der Waals surface area contributed by atoms with Gasteiger partial charge in [0.25, 0.3) is 0 Å². The van der Waals surface area contributed by atoms with Crippen molar-refractivity contribution in [3.63, 3.8) is 0 Å². The van der Waals surface area contributed by atoms with Gasteiger partial charge < -0.3 is 0 Å². The summed E-state index contributed by atoms with van der Waals surface area (Å²) in [5.41, 5.74) is 3.68. The molecule has 7 heteroatoms. The Kier molecular flexibility index (Phi) is 10.8. The van der Waals surface area contributed by atoms with Gasteiger partial charge in [-0.3, -0.25) is 9.98 Å². The van der Waals surface area contributed by atoms with Crippen LogP contribution in [0.15, 0.2) is 67.5 Å². The molecule has 0 radical (unpaired) electrons. The quantitative estimate of drug-likeness (QED) is 0.250. The van der Waals surface area contributed by atoms with E-state index in [1.54, 1.807) is 0 Å². The molecule has 23 heavy (non-hydrogen) atoms. The topological polar surface area (TPSA) is 24.7 Å². The molecule has 0 amide bonds. The number of aliphatic imine (C=N–C) groups is 2. The molecule has 0 spiro atoms. The van der Waals surface area contributed by atoms with Crippen LogP contribution in [0.5, 0.6) is 0 Å². The van der Waals surface area contributed by atoms with Crippen LogP contribution in [0.1, 0.15) is 13.8 Å². The van der Waals surface area contributed by atoms with E-state index in [0.717, 1.165) is 31.7 Å². The summed E-state index contributed by atoms with van der Waals surface area (Å²) in [4.78, 5) is 9.14. The van der Waals surface area contributed by atoms with E-state index in [1.165, 1.54) is 10.9 Å². The Hall–Kier alpha value is 0.194. The van der Waals surface area contributed by atoms with Gasteiger partial charge in [-0.25, -0.2) is 0 Å². The Morgan fingerprint density at radius 3 is 1.22 bits per heavy atom. The number of halogens is 4. The zero-order valence-electron chi connectivity index (χ0n) is 12.3. The van der Waals surface area contributed by atoms with Crippen LogP contribution in [0.2, 0.25) is 0 Å². The van der Waals surface area contributed by atoms with E-state index >= 15 is 0 Å². The number of hydrogen-bond donors (Lipinski definition) is 0. The predicted molar refractivity (Wildman–Crippen MR) is 112 cm³/mol. The first-order chi connectivity index (χ1) is 11.0. The van der Waals surface area contributed by atoms with Crippen molar-refractivity contribution in [1.82, 2.24) is 0 Å². The number of hydrogen-bond acceptors (Lipinski definition) is 2. The minimum atomic E-state index is 0.912. The standard InChI is InChI=1S/C16H14Br2N2.2BrH.Ni/c1-11(19-15-7-3-13(17)4-8-15)12(2)20-16-9-5-14(18)6-10-16;;;/h3-10H,1-2H3;2*1H;/q;;;+2/p-2. The second kappa shape index (κ2) is 11.7. The van der Waals surface area contributed by atoms with Gasteiger partial charge in [0, 0.05) is 8.95 Å². The van der Waals surface area contributed by atoms with Crippen molar-refractivity contribution in [3.8, 4) is 0 Å². The molecule has 0 N–H and O–H groups in total. The van der Waals surface area contributed by atoms with E-state index < -0.39 is 0 Å². The molecular formula is C16H14Br4N2Ni. The molecule has 0 aliphatic heterocycles. The van der Waals surface area contributed by atoms with E-state index in [-0.39, 0.29) is 0 Å². The molecule has 0 heterocycles. The van der Waals surface area contributed by atoms with Crippen LogP contribution < -0.4 is 0 Å². The normalized spacial score (nSPS) is 11.9. The molecule has 0 saturated heterocycles. The van der Waals surface area contributed by atoms with Crippen LogP contribution >= 0.6 is 60.3 Å². The van der Waals surface area contributed by atoms with Crippen LogP contribution in [0, 0.1) is 0 Å². The van der Waals surface area contributed by atoms with E-state index in [1.807, 2.05) is 62.4 Å². The third-order valence-electron chi connectivity index (χ3n) is 2.77. The number of nitrogens with zero attached hydrogens (tertiary/aromatic N) is 2. The van der Waals surface area contributed by atoms with Gasteiger partial charge in [0.15, 0.2) is 0 Å². The predicted octanol–water partition coefficient (Wildman–Crippen LogP) is 7.79. The number of rotatable bonds is 3. The summed E-state index contributed by atoms with van der Waals surface area (Å²) in [7, 11) is 1.25. The van der Waals surface area contributed by atoms with Crippen LogP contribution in [-0.2, 0) is 10.9 Å². The van der Waals surface area contributed by atoms with Gasteiger partial charge in [-0.15, -0.1) is 0 Å². The average Bonchev–Trinajstić information content (AvgIpc) is 2.52. The molecule has 0 aromatic heterocycles. The van der Waals surface area contributed by atoms with Gasteiger partial charge in [0.05, 0.1) is 22.8 Å². The van der Waals surface area contributed by atoms with Crippen LogP contribution in [0.25, 0.3) is 0 Å². The summed E-state index contributed by atoms with van der Waals surface area (Å²) in [5.74, 6) is 0. The number of benzene rings is 2. The maximum atomic E-state index is 4.57. The molecule has 0 atom stereocenters. The van der Waals surface area contributed by atoms with Gasteiger partial charge >= 0.3 is 39.3 Å². The van der Waals surface area contributed by atoms with Crippen molar-refractivity contribution in [2.24, 2.45) is 9.98 Å². The molecular weight excluding hydrogens is 598 g/mol. The summed E-state index contributed by atoms with van der Waals surface area (Å²) in [6.07, 6.45) is 0. The summed E-state index contributed by atoms with van der Waals surface area (Å²) in [5, 5.41) is 0. The molecule has 0 aliphatic carbocycles. The summed E-state index contributed by atoms with van der Waals surface area (Å²) >= 11 is 12.8. The second-order valence-corrected chi connectivity index (χ2v) is 11.2. The van der Waals surface area contributed by atoms with Crippen LogP contribution in [-0.4, -0.2) is 11.4 Å². The molecule has 2 rings (SSSR count). The zero-order chi connectivity index (χ0) is 17.2. The van der Waals surface area contributed by atoms with Crippen molar-refractivity contribution in [1.29, 1.82) is 0 Å². The van der Waals surface area contributed by atoms with E-state index in [9.17, 15) is 0 Å². The zero-order valence-corrected chi connectivity index (χ0v) is 19.7. The van der Waals surface area contributed by atoms with Crippen molar-refractivity contribution in [2.75, 3.05) is 0 Å². The fourth-order valence-electron chi connectivity index (χ4n) is 1.58. The van der Waals surface area contributed by atoms with Gasteiger partial charge in [-0.05, 0) is 62.4 Å². The Labute approximate surface area is 173 Å². The fraction of sp³-hybridized carbons (Fsp3) is 0.125. The summed E-state index contributed by atoms with van der Waals surface area (Å²) < 4.78 is 2.10. The molecule has 0 bridgehead atoms. The molecule has 0 saturated carbocycles. The third kappa shape index (κ3) is 8.73. The second-order valence-electron chi connectivity index (χ2n) is 4.39. The first-order valence-electron chi connectivity index (χ1n) is 6.40. The SMILES string of the molecule is CC(=Nc1ccc(Br)cc1)C(C)=Nc1ccc(Br)cc1.[Br][Ni][Br]. The Bertz CT molecular complexity index is 608.